The van der Waals surface area contributed by atoms with Crippen LogP contribution in [0.1, 0.15) is 24.0 Å². The number of hydrogen-bond acceptors (Lipinski definition) is 4. The van der Waals surface area contributed by atoms with Crippen LogP contribution in [0.4, 0.5) is 0 Å². The molecule has 4 nitrogen and oxygen atoms in total. The highest BCUT2D eigenvalue weighted by Gasteiger charge is 2.44. The van der Waals surface area contributed by atoms with Crippen LogP contribution in [0, 0.1) is 5.92 Å². The largest absolute Gasteiger partial charge is 0.463 e. The lowest BCUT2D eigenvalue weighted by Crippen LogP contribution is -2.42. The van der Waals surface area contributed by atoms with E-state index in [2.05, 4.69) is 11.9 Å². The Hall–Kier alpha value is -2.17. The third-order valence-electron chi connectivity index (χ3n) is 5.13. The van der Waals surface area contributed by atoms with E-state index < -0.39 is 5.60 Å². The van der Waals surface area contributed by atoms with Gasteiger partial charge in [-0.15, -0.1) is 0 Å². The Morgan fingerprint density at radius 2 is 1.65 bits per heavy atom. The number of piperidine rings is 1. The molecule has 1 aliphatic rings. The van der Waals surface area contributed by atoms with Crippen molar-refractivity contribution in [2.24, 2.45) is 5.92 Å². The van der Waals surface area contributed by atoms with E-state index >= 15 is 0 Å². The van der Waals surface area contributed by atoms with Gasteiger partial charge in [-0.2, -0.15) is 0 Å². The summed E-state index contributed by atoms with van der Waals surface area (Å²) in [6.07, 6.45) is 2.24. The first-order valence-electron chi connectivity index (χ1n) is 9.19. The van der Waals surface area contributed by atoms with E-state index in [4.69, 9.17) is 9.47 Å². The summed E-state index contributed by atoms with van der Waals surface area (Å²) in [5.74, 6) is 0.0180. The van der Waals surface area contributed by atoms with E-state index in [1.54, 1.807) is 7.11 Å². The molecular formula is C22H27NO3. The molecule has 1 aliphatic heterocycles. The minimum Gasteiger partial charge on any atom is -0.463 e. The molecule has 1 fully saturated rings. The maximum Gasteiger partial charge on any atom is 0.347 e. The van der Waals surface area contributed by atoms with Crippen molar-refractivity contribution in [3.63, 3.8) is 0 Å². The molecular weight excluding hydrogens is 326 g/mol. The van der Waals surface area contributed by atoms with Crippen LogP contribution in [-0.4, -0.2) is 44.7 Å². The van der Waals surface area contributed by atoms with Crippen molar-refractivity contribution in [3.8, 4) is 0 Å². The number of likely N-dealkylation sites (tertiary alicyclic amines) is 1. The van der Waals surface area contributed by atoms with Gasteiger partial charge in [0.05, 0.1) is 6.61 Å². The Bertz CT molecular complexity index is 662. The molecule has 0 N–H and O–H groups in total. The van der Waals surface area contributed by atoms with Crippen molar-refractivity contribution in [3.05, 3.63) is 71.8 Å². The fourth-order valence-corrected chi connectivity index (χ4v) is 3.77. The highest BCUT2D eigenvalue weighted by molar-refractivity contribution is 5.85. The van der Waals surface area contributed by atoms with Crippen molar-refractivity contribution in [1.29, 1.82) is 0 Å². The van der Waals surface area contributed by atoms with Gasteiger partial charge in [0.2, 0.25) is 5.60 Å². The molecule has 2 aromatic rings. The first kappa shape index (κ1) is 18.6. The van der Waals surface area contributed by atoms with E-state index in [0.29, 0.717) is 12.5 Å². The summed E-state index contributed by atoms with van der Waals surface area (Å²) in [6.45, 7) is 2.50. The summed E-state index contributed by atoms with van der Waals surface area (Å²) in [7, 11) is 3.68. The molecule has 0 aliphatic carbocycles. The van der Waals surface area contributed by atoms with Gasteiger partial charge in [0, 0.05) is 19.6 Å². The standard InChI is InChI=1S/C22H27NO3/c1-23-15-9-10-18(16-23)17-26-21(24)22(25-2,19-11-5-3-6-12-19)20-13-7-4-8-14-20/h3-8,11-14,18H,9-10,15-17H2,1-2H3/t18-/m0/s1. The quantitative estimate of drug-likeness (QED) is 0.746. The number of carbonyl (C=O) groups excluding carboxylic acids is 1. The third-order valence-corrected chi connectivity index (χ3v) is 5.13. The number of carbonyl (C=O) groups is 1. The van der Waals surface area contributed by atoms with Crippen molar-refractivity contribution in [1.82, 2.24) is 4.90 Å². The van der Waals surface area contributed by atoms with E-state index in [-0.39, 0.29) is 5.97 Å². The molecule has 2 aromatic carbocycles. The summed E-state index contributed by atoms with van der Waals surface area (Å²) in [4.78, 5) is 15.6. The minimum absolute atomic E-state index is 0.356. The predicted octanol–water partition coefficient (Wildman–Crippen LogP) is 3.46. The number of esters is 1. The second-order valence-electron chi connectivity index (χ2n) is 6.99. The molecule has 3 rings (SSSR count). The number of ether oxygens (including phenoxy) is 2. The monoisotopic (exact) mass is 353 g/mol. The molecule has 26 heavy (non-hydrogen) atoms. The van der Waals surface area contributed by atoms with E-state index in [0.717, 1.165) is 37.1 Å². The fraction of sp³-hybridized carbons (Fsp3) is 0.409. The number of benzene rings is 2. The molecule has 0 radical (unpaired) electrons. The SMILES string of the molecule is COC(C(=O)OC[C@H]1CCCN(C)C1)(c1ccccc1)c1ccccc1. The fourth-order valence-electron chi connectivity index (χ4n) is 3.77. The lowest BCUT2D eigenvalue weighted by Gasteiger charge is -2.33. The predicted molar refractivity (Wildman–Crippen MR) is 102 cm³/mol. The number of nitrogens with zero attached hydrogens (tertiary/aromatic N) is 1. The average molecular weight is 353 g/mol. The van der Waals surface area contributed by atoms with Crippen molar-refractivity contribution < 1.29 is 14.3 Å². The minimum atomic E-state index is -1.25. The number of rotatable bonds is 6. The molecule has 4 heteroatoms. The van der Waals surface area contributed by atoms with Gasteiger partial charge < -0.3 is 14.4 Å². The van der Waals surface area contributed by atoms with Gasteiger partial charge in [0.1, 0.15) is 0 Å². The zero-order valence-electron chi connectivity index (χ0n) is 15.6. The van der Waals surface area contributed by atoms with E-state index in [1.165, 1.54) is 0 Å². The summed E-state index contributed by atoms with van der Waals surface area (Å²) in [6, 6.07) is 19.1. The Kier molecular flexibility index (Phi) is 6.07. The van der Waals surface area contributed by atoms with Crippen LogP contribution in [0.3, 0.4) is 0 Å². The lowest BCUT2D eigenvalue weighted by molar-refractivity contribution is -0.167. The van der Waals surface area contributed by atoms with Crippen molar-refractivity contribution >= 4 is 5.97 Å². The smallest absolute Gasteiger partial charge is 0.347 e. The molecule has 1 heterocycles. The summed E-state index contributed by atoms with van der Waals surface area (Å²) >= 11 is 0. The first-order chi connectivity index (χ1) is 12.7. The molecule has 0 aromatic heterocycles. The number of hydrogen-bond donors (Lipinski definition) is 0. The molecule has 0 unspecified atom stereocenters. The van der Waals surface area contributed by atoms with Crippen LogP contribution < -0.4 is 0 Å². The number of methoxy groups -OCH3 is 1. The zero-order chi connectivity index (χ0) is 18.4. The van der Waals surface area contributed by atoms with Crippen LogP contribution in [0.15, 0.2) is 60.7 Å². The van der Waals surface area contributed by atoms with E-state index in [9.17, 15) is 4.79 Å². The van der Waals surface area contributed by atoms with Crippen LogP contribution in [-0.2, 0) is 19.9 Å². The Morgan fingerprint density at radius 3 is 2.15 bits per heavy atom. The van der Waals surface area contributed by atoms with Crippen LogP contribution in [0.2, 0.25) is 0 Å². The molecule has 1 saturated heterocycles. The summed E-state index contributed by atoms with van der Waals surface area (Å²) < 4.78 is 11.7. The van der Waals surface area contributed by atoms with Gasteiger partial charge in [-0.3, -0.25) is 0 Å². The summed E-state index contributed by atoms with van der Waals surface area (Å²) in [5.41, 5.74) is 0.308. The zero-order valence-corrected chi connectivity index (χ0v) is 15.6. The van der Waals surface area contributed by atoms with Crippen molar-refractivity contribution in [2.45, 2.75) is 18.4 Å². The van der Waals surface area contributed by atoms with Gasteiger partial charge in [0.15, 0.2) is 0 Å². The maximum atomic E-state index is 13.3. The van der Waals surface area contributed by atoms with Gasteiger partial charge in [-0.05, 0) is 37.6 Å². The third kappa shape index (κ3) is 3.81. The Labute approximate surface area is 155 Å². The average Bonchev–Trinajstić information content (AvgIpc) is 2.69. The van der Waals surface area contributed by atoms with Gasteiger partial charge in [0.25, 0.3) is 0 Å². The van der Waals surface area contributed by atoms with Crippen molar-refractivity contribution in [2.75, 3.05) is 33.9 Å². The highest BCUT2D eigenvalue weighted by Crippen LogP contribution is 2.35. The molecule has 0 bridgehead atoms. The molecule has 0 spiro atoms. The van der Waals surface area contributed by atoms with Crippen LogP contribution >= 0.6 is 0 Å². The van der Waals surface area contributed by atoms with Gasteiger partial charge in [-0.25, -0.2) is 4.79 Å². The lowest BCUT2D eigenvalue weighted by atomic mass is 9.86. The van der Waals surface area contributed by atoms with Gasteiger partial charge in [-0.1, -0.05) is 60.7 Å². The second kappa shape index (κ2) is 8.47. The molecule has 1 atom stereocenters. The van der Waals surface area contributed by atoms with Crippen LogP contribution in [0.25, 0.3) is 0 Å². The molecule has 0 amide bonds. The Morgan fingerprint density at radius 1 is 1.08 bits per heavy atom. The first-order valence-corrected chi connectivity index (χ1v) is 9.19. The maximum absolute atomic E-state index is 13.3. The highest BCUT2D eigenvalue weighted by atomic mass is 16.6. The normalized spacial score (nSPS) is 18.5. The second-order valence-corrected chi connectivity index (χ2v) is 6.99. The van der Waals surface area contributed by atoms with Crippen LogP contribution in [0.5, 0.6) is 0 Å². The molecule has 0 saturated carbocycles. The molecule has 138 valence electrons. The topological polar surface area (TPSA) is 38.8 Å². The van der Waals surface area contributed by atoms with E-state index in [1.807, 2.05) is 60.7 Å². The summed E-state index contributed by atoms with van der Waals surface area (Å²) in [5, 5.41) is 0. The van der Waals surface area contributed by atoms with Gasteiger partial charge >= 0.3 is 5.97 Å². The Balaban J connectivity index is 1.87.